The Morgan fingerprint density at radius 2 is 2.17 bits per heavy atom. The molecule has 0 radical (unpaired) electrons. The maximum atomic E-state index is 13.1. The maximum Gasteiger partial charge on any atom is 0.227 e. The molecule has 2 aliphatic rings. The van der Waals surface area contributed by atoms with Gasteiger partial charge in [0.15, 0.2) is 0 Å². The lowest BCUT2D eigenvalue weighted by atomic mass is 9.88. The third kappa shape index (κ3) is 3.28. The van der Waals surface area contributed by atoms with E-state index in [9.17, 15) is 4.79 Å². The van der Waals surface area contributed by atoms with Crippen molar-refractivity contribution in [1.82, 2.24) is 24.9 Å². The second-order valence-electron chi connectivity index (χ2n) is 7.28. The van der Waals surface area contributed by atoms with Crippen LogP contribution in [0, 0.1) is 5.92 Å². The molecule has 3 rings (SSSR count). The number of nitrogens with zero attached hydrogens (tertiary/aromatic N) is 4. The van der Waals surface area contributed by atoms with Gasteiger partial charge in [0, 0.05) is 57.9 Å². The minimum Gasteiger partial charge on any atom is -0.342 e. The summed E-state index contributed by atoms with van der Waals surface area (Å²) in [5.74, 6) is 0.548. The van der Waals surface area contributed by atoms with Crippen LogP contribution < -0.4 is 5.32 Å². The number of nitrogens with one attached hydrogen (secondary N) is 1. The quantitative estimate of drug-likeness (QED) is 0.889. The van der Waals surface area contributed by atoms with Crippen molar-refractivity contribution in [3.8, 4) is 0 Å². The number of likely N-dealkylation sites (tertiary alicyclic amines) is 1. The number of amides is 1. The van der Waals surface area contributed by atoms with Crippen molar-refractivity contribution < 1.29 is 4.79 Å². The number of rotatable bonds is 3. The molecule has 0 aromatic carbocycles. The standard InChI is InChI=1S/C17H29N5O/c1-12-7-14(5-6-20(12)2)22(4)17(23)16-10-18-9-15(16)13-8-19-21(3)11-13/h8,11-12,14-16,18H,5-7,9-10H2,1-4H3/t12?,14?,15-,16+/m1/s1. The van der Waals surface area contributed by atoms with Gasteiger partial charge in [0.25, 0.3) is 0 Å². The molecule has 1 aromatic heterocycles. The van der Waals surface area contributed by atoms with Crippen LogP contribution in [-0.2, 0) is 11.8 Å². The van der Waals surface area contributed by atoms with Crippen LogP contribution in [0.4, 0.5) is 0 Å². The number of piperidine rings is 1. The van der Waals surface area contributed by atoms with Gasteiger partial charge in [-0.2, -0.15) is 5.10 Å². The molecule has 1 amide bonds. The summed E-state index contributed by atoms with van der Waals surface area (Å²) in [6.45, 7) is 4.95. The van der Waals surface area contributed by atoms with Crippen LogP contribution in [-0.4, -0.2) is 71.3 Å². The fraction of sp³-hybridized carbons (Fsp3) is 0.765. The largest absolute Gasteiger partial charge is 0.342 e. The number of hydrogen-bond donors (Lipinski definition) is 1. The van der Waals surface area contributed by atoms with Gasteiger partial charge in [-0.3, -0.25) is 9.48 Å². The molecule has 6 nitrogen and oxygen atoms in total. The first-order valence-corrected chi connectivity index (χ1v) is 8.63. The van der Waals surface area contributed by atoms with Gasteiger partial charge in [-0.05, 0) is 32.4 Å². The third-order valence-electron chi connectivity index (χ3n) is 5.76. The molecule has 128 valence electrons. The highest BCUT2D eigenvalue weighted by atomic mass is 16.2. The summed E-state index contributed by atoms with van der Waals surface area (Å²) in [4.78, 5) is 17.5. The van der Waals surface area contributed by atoms with E-state index in [2.05, 4.69) is 29.3 Å². The average molecular weight is 319 g/mol. The Morgan fingerprint density at radius 3 is 2.83 bits per heavy atom. The van der Waals surface area contributed by atoms with E-state index < -0.39 is 0 Å². The van der Waals surface area contributed by atoms with Crippen molar-refractivity contribution >= 4 is 5.91 Å². The molecule has 2 aliphatic heterocycles. The Bertz CT molecular complexity index is 557. The van der Waals surface area contributed by atoms with Gasteiger partial charge < -0.3 is 15.1 Å². The summed E-state index contributed by atoms with van der Waals surface area (Å²) >= 11 is 0. The minimum absolute atomic E-state index is 0.0270. The van der Waals surface area contributed by atoms with E-state index in [1.165, 1.54) is 5.56 Å². The Kier molecular flexibility index (Phi) is 4.73. The Hall–Kier alpha value is -1.40. The lowest BCUT2D eigenvalue weighted by Crippen LogP contribution is -2.50. The van der Waals surface area contributed by atoms with Crippen LogP contribution in [0.3, 0.4) is 0 Å². The molecule has 6 heteroatoms. The number of aryl methyl sites for hydroxylation is 1. The highest BCUT2D eigenvalue weighted by molar-refractivity contribution is 5.80. The molecule has 2 saturated heterocycles. The summed E-state index contributed by atoms with van der Waals surface area (Å²) in [7, 11) is 6.08. The molecule has 4 atom stereocenters. The predicted octanol–water partition coefficient (Wildman–Crippen LogP) is 0.664. The van der Waals surface area contributed by atoms with Crippen molar-refractivity contribution in [1.29, 1.82) is 0 Å². The summed E-state index contributed by atoms with van der Waals surface area (Å²) in [5.41, 5.74) is 1.17. The lowest BCUT2D eigenvalue weighted by Gasteiger charge is -2.40. The molecule has 2 unspecified atom stereocenters. The lowest BCUT2D eigenvalue weighted by molar-refractivity contribution is -0.137. The van der Waals surface area contributed by atoms with E-state index >= 15 is 0 Å². The maximum absolute atomic E-state index is 13.1. The first kappa shape index (κ1) is 16.5. The molecule has 0 bridgehead atoms. The number of aromatic nitrogens is 2. The van der Waals surface area contributed by atoms with E-state index in [0.29, 0.717) is 12.1 Å². The van der Waals surface area contributed by atoms with Gasteiger partial charge in [0.1, 0.15) is 0 Å². The first-order chi connectivity index (χ1) is 11.0. The van der Waals surface area contributed by atoms with E-state index in [-0.39, 0.29) is 17.7 Å². The van der Waals surface area contributed by atoms with E-state index in [1.54, 1.807) is 0 Å². The first-order valence-electron chi connectivity index (χ1n) is 8.63. The topological polar surface area (TPSA) is 53.4 Å². The number of carbonyl (C=O) groups excluding carboxylic acids is 1. The molecular weight excluding hydrogens is 290 g/mol. The van der Waals surface area contributed by atoms with E-state index in [1.807, 2.05) is 36.1 Å². The smallest absolute Gasteiger partial charge is 0.227 e. The zero-order chi connectivity index (χ0) is 16.6. The van der Waals surface area contributed by atoms with Gasteiger partial charge in [-0.1, -0.05) is 0 Å². The fourth-order valence-corrected chi connectivity index (χ4v) is 3.98. The van der Waals surface area contributed by atoms with Gasteiger partial charge in [0.05, 0.1) is 12.1 Å². The fourth-order valence-electron chi connectivity index (χ4n) is 3.98. The number of hydrogen-bond acceptors (Lipinski definition) is 4. The molecule has 0 spiro atoms. The normalized spacial score (nSPS) is 32.2. The van der Waals surface area contributed by atoms with E-state index in [4.69, 9.17) is 0 Å². The SMILES string of the molecule is CC1CC(N(C)C(=O)[C@H]2CNC[C@@H]2c2cnn(C)c2)CCN1C. The van der Waals surface area contributed by atoms with Crippen molar-refractivity contribution in [2.75, 3.05) is 33.7 Å². The van der Waals surface area contributed by atoms with Crippen molar-refractivity contribution in [2.45, 2.75) is 37.8 Å². The molecule has 1 aromatic rings. The van der Waals surface area contributed by atoms with Gasteiger partial charge in [0.2, 0.25) is 5.91 Å². The molecule has 1 N–H and O–H groups in total. The van der Waals surface area contributed by atoms with Crippen molar-refractivity contribution in [3.63, 3.8) is 0 Å². The van der Waals surface area contributed by atoms with Crippen LogP contribution in [0.25, 0.3) is 0 Å². The molecule has 3 heterocycles. The predicted molar refractivity (Wildman–Crippen MR) is 90.2 cm³/mol. The Balaban J connectivity index is 1.69. The van der Waals surface area contributed by atoms with Gasteiger partial charge >= 0.3 is 0 Å². The third-order valence-corrected chi connectivity index (χ3v) is 5.76. The Morgan fingerprint density at radius 1 is 1.39 bits per heavy atom. The summed E-state index contributed by atoms with van der Waals surface area (Å²) < 4.78 is 1.82. The minimum atomic E-state index is 0.0270. The second kappa shape index (κ2) is 6.61. The van der Waals surface area contributed by atoms with Crippen LogP contribution >= 0.6 is 0 Å². The monoisotopic (exact) mass is 319 g/mol. The van der Waals surface area contributed by atoms with Gasteiger partial charge in [-0.25, -0.2) is 0 Å². The molecule has 0 aliphatic carbocycles. The average Bonchev–Trinajstić information content (AvgIpc) is 3.17. The summed E-state index contributed by atoms with van der Waals surface area (Å²) in [6, 6.07) is 0.906. The molecule has 0 saturated carbocycles. The zero-order valence-electron chi connectivity index (χ0n) is 14.7. The second-order valence-corrected chi connectivity index (χ2v) is 7.28. The summed E-state index contributed by atoms with van der Waals surface area (Å²) in [5, 5.41) is 7.66. The van der Waals surface area contributed by atoms with Crippen LogP contribution in [0.15, 0.2) is 12.4 Å². The molecule has 23 heavy (non-hydrogen) atoms. The summed E-state index contributed by atoms with van der Waals surface area (Å²) in [6.07, 6.45) is 6.07. The zero-order valence-corrected chi connectivity index (χ0v) is 14.7. The molecule has 2 fully saturated rings. The van der Waals surface area contributed by atoms with Crippen LogP contribution in [0.2, 0.25) is 0 Å². The van der Waals surface area contributed by atoms with E-state index in [0.717, 1.165) is 32.5 Å². The van der Waals surface area contributed by atoms with Crippen LogP contribution in [0.5, 0.6) is 0 Å². The van der Waals surface area contributed by atoms with Crippen LogP contribution in [0.1, 0.15) is 31.2 Å². The van der Waals surface area contributed by atoms with Crippen molar-refractivity contribution in [3.05, 3.63) is 18.0 Å². The Labute approximate surface area is 138 Å². The highest BCUT2D eigenvalue weighted by Crippen LogP contribution is 2.30. The van der Waals surface area contributed by atoms with Crippen molar-refractivity contribution in [2.24, 2.45) is 13.0 Å². The number of carbonyl (C=O) groups is 1. The molecular formula is C17H29N5O. The highest BCUT2D eigenvalue weighted by Gasteiger charge is 2.38. The van der Waals surface area contributed by atoms with Gasteiger partial charge in [-0.15, -0.1) is 0 Å².